The molecule has 0 unspecified atom stereocenters. The van der Waals surface area contributed by atoms with Crippen molar-refractivity contribution in [3.63, 3.8) is 0 Å². The molecule has 4 aromatic heterocycles. The van der Waals surface area contributed by atoms with Gasteiger partial charge in [-0.2, -0.15) is 0 Å². The van der Waals surface area contributed by atoms with Crippen molar-refractivity contribution >= 4 is 87.2 Å². The fourth-order valence-corrected chi connectivity index (χ4v) is 19.8. The van der Waals surface area contributed by atoms with Crippen LogP contribution in [0.5, 0.6) is 0 Å². The lowest BCUT2D eigenvalue weighted by atomic mass is 9.65. The Labute approximate surface area is 713 Å². The summed E-state index contributed by atoms with van der Waals surface area (Å²) in [6, 6.07) is 166. The van der Waals surface area contributed by atoms with E-state index in [0.29, 0.717) is 0 Å². The van der Waals surface area contributed by atoms with Gasteiger partial charge in [-0.05, 0) is 210 Å². The Hall–Kier alpha value is -14.8. The molecular weight excluding hydrogens is 1470 g/mol. The summed E-state index contributed by atoms with van der Waals surface area (Å²) in [5, 5.41) is 10.0. The van der Waals surface area contributed by atoms with Gasteiger partial charge in [-0.3, -0.25) is 0 Å². The van der Waals surface area contributed by atoms with E-state index in [1.807, 2.05) is 0 Å². The standard InChI is InChI=1S/C74H52N2.C44H40N2/c1-7-23-55(24-8-1)73(56-25-9-2-10-26-56,57-27-11-3-12-28-57)61-41-45-63(46-42-61)75-69-37-21-19-35-65(69)67-51-53(39-49-71(67)75)54-40-50-72-68(52-54)66-36-20-22-38-70(66)76(72)64-47-43-62(44-48-64)74(58-29-13-4-14-30-58,59-31-15-5-16-32-59)60-33-17-6-18-34-60;1-43(2,3)31-13-11-15-33(27-31)45-39-19-9-7-17-35(39)37-25-29(21-23-41(37)45)30-22-24-42-38(26-30)36-18-8-10-20-40(36)46(42)34-16-12-14-32(28-34)44(4,5)6/h1-52H;7-28H,1-6H3. The molecule has 122 heavy (non-hydrogen) atoms. The molecule has 4 heteroatoms. The number of hydrogen-bond acceptors (Lipinski definition) is 0. The fourth-order valence-electron chi connectivity index (χ4n) is 19.8. The van der Waals surface area contributed by atoms with Crippen molar-refractivity contribution in [2.75, 3.05) is 0 Å². The van der Waals surface area contributed by atoms with Gasteiger partial charge in [-0.25, -0.2) is 0 Å². The van der Waals surface area contributed by atoms with Crippen LogP contribution in [-0.4, -0.2) is 18.3 Å². The molecule has 0 bridgehead atoms. The van der Waals surface area contributed by atoms with E-state index in [-0.39, 0.29) is 10.8 Å². The maximum absolute atomic E-state index is 2.43. The molecule has 0 saturated carbocycles. The third-order valence-electron chi connectivity index (χ3n) is 25.7. The van der Waals surface area contributed by atoms with Crippen LogP contribution in [0.25, 0.3) is 132 Å². The molecular formula is C118H92N4. The lowest BCUT2D eigenvalue weighted by molar-refractivity contribution is 0.589. The molecule has 0 aliphatic heterocycles. The Morgan fingerprint density at radius 1 is 0.139 bits per heavy atom. The summed E-state index contributed by atoms with van der Waals surface area (Å²) in [6.07, 6.45) is 0. The molecule has 0 spiro atoms. The van der Waals surface area contributed by atoms with E-state index < -0.39 is 10.8 Å². The first-order valence-electron chi connectivity index (χ1n) is 42.7. The first-order chi connectivity index (χ1) is 59.8. The van der Waals surface area contributed by atoms with Crippen molar-refractivity contribution < 1.29 is 0 Å². The first-order valence-corrected chi connectivity index (χ1v) is 42.7. The summed E-state index contributed by atoms with van der Waals surface area (Å²) >= 11 is 0. The van der Waals surface area contributed by atoms with Crippen molar-refractivity contribution in [3.05, 3.63) is 505 Å². The summed E-state index contributed by atoms with van der Waals surface area (Å²) < 4.78 is 9.71. The van der Waals surface area contributed by atoms with Crippen LogP contribution in [0.2, 0.25) is 0 Å². The minimum absolute atomic E-state index is 0.0824. The molecule has 0 saturated heterocycles. The van der Waals surface area contributed by atoms with Crippen molar-refractivity contribution in [2.24, 2.45) is 0 Å². The lowest BCUT2D eigenvalue weighted by Crippen LogP contribution is -2.30. The van der Waals surface area contributed by atoms with E-state index in [1.54, 1.807) is 0 Å². The molecule has 0 amide bonds. The van der Waals surface area contributed by atoms with Gasteiger partial charge in [0.15, 0.2) is 0 Å². The van der Waals surface area contributed by atoms with E-state index in [1.165, 1.54) is 176 Å². The second-order valence-corrected chi connectivity index (χ2v) is 34.7. The van der Waals surface area contributed by atoms with Gasteiger partial charge in [0.2, 0.25) is 0 Å². The number of aromatic nitrogens is 4. The number of hydrogen-bond donors (Lipinski definition) is 0. The summed E-state index contributed by atoms with van der Waals surface area (Å²) in [5.41, 5.74) is 30.8. The summed E-state index contributed by atoms with van der Waals surface area (Å²) in [7, 11) is 0. The van der Waals surface area contributed by atoms with E-state index in [4.69, 9.17) is 0 Å². The number of para-hydroxylation sites is 4. The van der Waals surface area contributed by atoms with Gasteiger partial charge in [0.1, 0.15) is 0 Å². The third-order valence-corrected chi connectivity index (χ3v) is 25.7. The molecule has 4 heterocycles. The van der Waals surface area contributed by atoms with Gasteiger partial charge in [-0.15, -0.1) is 0 Å². The van der Waals surface area contributed by atoms with E-state index in [2.05, 4.69) is 509 Å². The van der Waals surface area contributed by atoms with Crippen molar-refractivity contribution in [2.45, 2.75) is 63.2 Å². The van der Waals surface area contributed by atoms with Crippen LogP contribution in [0.15, 0.2) is 449 Å². The van der Waals surface area contributed by atoms with Crippen molar-refractivity contribution in [1.82, 2.24) is 18.3 Å². The number of rotatable bonds is 14. The zero-order chi connectivity index (χ0) is 82.3. The maximum Gasteiger partial charge on any atom is 0.0701 e. The predicted molar refractivity (Wildman–Crippen MR) is 515 cm³/mol. The van der Waals surface area contributed by atoms with Crippen LogP contribution in [0.1, 0.15) is 97.2 Å². The largest absolute Gasteiger partial charge is 0.309 e. The van der Waals surface area contributed by atoms with Crippen LogP contribution in [0, 0.1) is 0 Å². The average Bonchev–Trinajstić information content (AvgIpc) is 1.07. The Kier molecular flexibility index (Phi) is 18.5. The molecule has 0 N–H and O–H groups in total. The molecule has 0 aliphatic rings. The average molecular weight is 1570 g/mol. The van der Waals surface area contributed by atoms with Gasteiger partial charge in [0, 0.05) is 65.8 Å². The molecule has 0 aliphatic carbocycles. The topological polar surface area (TPSA) is 19.7 Å². The molecule has 4 nitrogen and oxygen atoms in total. The molecule has 22 aromatic rings. The zero-order valence-electron chi connectivity index (χ0n) is 69.5. The highest BCUT2D eigenvalue weighted by Gasteiger charge is 2.40. The third kappa shape index (κ3) is 12.6. The highest BCUT2D eigenvalue weighted by molar-refractivity contribution is 6.15. The van der Waals surface area contributed by atoms with E-state index in [0.717, 1.165) is 11.4 Å². The lowest BCUT2D eigenvalue weighted by Gasteiger charge is -2.37. The van der Waals surface area contributed by atoms with Gasteiger partial charge < -0.3 is 18.3 Å². The van der Waals surface area contributed by atoms with Crippen LogP contribution in [-0.2, 0) is 21.7 Å². The minimum atomic E-state index is -0.517. The van der Waals surface area contributed by atoms with E-state index in [9.17, 15) is 0 Å². The number of benzene rings is 18. The van der Waals surface area contributed by atoms with Gasteiger partial charge in [-0.1, -0.05) is 369 Å². The van der Waals surface area contributed by atoms with Crippen molar-refractivity contribution in [1.29, 1.82) is 0 Å². The second kappa shape index (κ2) is 30.2. The number of fused-ring (bicyclic) bond motifs is 12. The van der Waals surface area contributed by atoms with Crippen LogP contribution in [0.4, 0.5) is 0 Å². The molecule has 22 rings (SSSR count). The molecule has 0 fully saturated rings. The Balaban J connectivity index is 0.000000170. The van der Waals surface area contributed by atoms with E-state index >= 15 is 0 Å². The molecule has 0 radical (unpaired) electrons. The zero-order valence-corrected chi connectivity index (χ0v) is 69.5. The number of nitrogens with zero attached hydrogens (tertiary/aromatic N) is 4. The quantitative estimate of drug-likeness (QED) is 0.0967. The normalized spacial score (nSPS) is 12.2. The van der Waals surface area contributed by atoms with Gasteiger partial charge >= 0.3 is 0 Å². The van der Waals surface area contributed by atoms with Gasteiger partial charge in [0.05, 0.1) is 55.0 Å². The smallest absolute Gasteiger partial charge is 0.0701 e. The summed E-state index contributed by atoms with van der Waals surface area (Å²) in [4.78, 5) is 0. The molecule has 584 valence electrons. The maximum atomic E-state index is 2.43. The fraction of sp³-hybridized carbons (Fsp3) is 0.0847. The van der Waals surface area contributed by atoms with Gasteiger partial charge in [0.25, 0.3) is 0 Å². The Bertz CT molecular complexity index is 6990. The monoisotopic (exact) mass is 1560 g/mol. The molecule has 0 atom stereocenters. The molecule has 18 aromatic carbocycles. The van der Waals surface area contributed by atoms with Crippen molar-refractivity contribution in [3.8, 4) is 45.0 Å². The first kappa shape index (κ1) is 74.7. The summed E-state index contributed by atoms with van der Waals surface area (Å²) in [6.45, 7) is 13.7. The highest BCUT2D eigenvalue weighted by atomic mass is 15.0. The SMILES string of the molecule is CC(C)(C)c1cccc(-n2c3ccccc3c3cc(-c4ccc5c(c4)c4ccccc4n5-c4cccc(C(C)(C)C)c4)ccc32)c1.c1ccc(C(c2ccccc2)(c2ccccc2)c2ccc(-n3c4ccccc4c4cc(-c5ccc6c(c5)c5ccccc5n6-c5ccc(C(c6ccccc6)(c6ccccc6)c6ccccc6)cc5)ccc43)cc2)cc1. The highest BCUT2D eigenvalue weighted by Crippen LogP contribution is 2.50. The Morgan fingerprint density at radius 2 is 0.336 bits per heavy atom. The van der Waals surface area contributed by atoms with Crippen LogP contribution >= 0.6 is 0 Å². The predicted octanol–water partition coefficient (Wildman–Crippen LogP) is 30.5. The van der Waals surface area contributed by atoms with Crippen LogP contribution < -0.4 is 0 Å². The minimum Gasteiger partial charge on any atom is -0.309 e. The Morgan fingerprint density at radius 3 is 0.574 bits per heavy atom. The second-order valence-electron chi connectivity index (χ2n) is 34.7. The van der Waals surface area contributed by atoms with Crippen LogP contribution in [0.3, 0.4) is 0 Å². The summed E-state index contributed by atoms with van der Waals surface area (Å²) in [5.74, 6) is 0.